The number of para-hydroxylation sites is 1. The van der Waals surface area contributed by atoms with Crippen molar-refractivity contribution in [3.8, 4) is 11.5 Å². The Morgan fingerprint density at radius 1 is 1.13 bits per heavy atom. The number of hydrogen-bond donors (Lipinski definition) is 1. The van der Waals surface area contributed by atoms with Gasteiger partial charge in [-0.25, -0.2) is 0 Å². The average molecular weight is 311 g/mol. The molecule has 1 N–H and O–H groups in total. The van der Waals surface area contributed by atoms with Crippen molar-refractivity contribution in [1.82, 2.24) is 19.9 Å². The van der Waals surface area contributed by atoms with Gasteiger partial charge >= 0.3 is 0 Å². The molecule has 1 aromatic carbocycles. The molecule has 7 nitrogen and oxygen atoms in total. The summed E-state index contributed by atoms with van der Waals surface area (Å²) in [6.45, 7) is 1.57. The molecule has 1 saturated heterocycles. The average Bonchev–Trinajstić information content (AvgIpc) is 3.26. The van der Waals surface area contributed by atoms with Gasteiger partial charge in [0.2, 0.25) is 0 Å². The second kappa shape index (κ2) is 6.21. The normalized spacial score (nSPS) is 15.7. The Labute approximate surface area is 133 Å². The summed E-state index contributed by atoms with van der Waals surface area (Å²) in [5.41, 5.74) is 1.74. The first-order chi connectivity index (χ1) is 11.4. The largest absolute Gasteiger partial charge is 0.381 e. The van der Waals surface area contributed by atoms with Crippen LogP contribution < -0.4 is 5.32 Å². The van der Waals surface area contributed by atoms with Gasteiger partial charge in [0.05, 0.1) is 17.8 Å². The molecule has 2 aromatic heterocycles. The van der Waals surface area contributed by atoms with Gasteiger partial charge in [-0.05, 0) is 30.1 Å². The van der Waals surface area contributed by atoms with Crippen molar-refractivity contribution in [3.63, 3.8) is 0 Å². The van der Waals surface area contributed by atoms with E-state index in [1.807, 2.05) is 41.2 Å². The number of aromatic nitrogens is 4. The Bertz CT molecular complexity index is 762. The number of ether oxygens (including phenoxy) is 1. The maximum absolute atomic E-state index is 5.38. The van der Waals surface area contributed by atoms with Gasteiger partial charge in [-0.2, -0.15) is 10.1 Å². The van der Waals surface area contributed by atoms with Crippen LogP contribution in [0.4, 0.5) is 11.6 Å². The van der Waals surface area contributed by atoms with Crippen LogP contribution in [0.3, 0.4) is 0 Å². The number of nitrogens with one attached hydrogen (secondary N) is 1. The van der Waals surface area contributed by atoms with Gasteiger partial charge in [0.25, 0.3) is 11.8 Å². The second-order valence-electron chi connectivity index (χ2n) is 5.47. The van der Waals surface area contributed by atoms with E-state index in [4.69, 9.17) is 9.26 Å². The zero-order chi connectivity index (χ0) is 15.5. The minimum Gasteiger partial charge on any atom is -0.381 e. The molecule has 0 unspecified atom stereocenters. The van der Waals surface area contributed by atoms with Gasteiger partial charge in [-0.15, -0.1) is 0 Å². The summed E-state index contributed by atoms with van der Waals surface area (Å²) in [6.07, 6.45) is 5.67. The van der Waals surface area contributed by atoms with Crippen LogP contribution in [0.1, 0.15) is 18.9 Å². The summed E-state index contributed by atoms with van der Waals surface area (Å²) in [7, 11) is 0. The van der Waals surface area contributed by atoms with E-state index < -0.39 is 0 Å². The van der Waals surface area contributed by atoms with E-state index in [0.717, 1.165) is 37.3 Å². The number of nitrogens with zero attached hydrogens (tertiary/aromatic N) is 4. The number of rotatable bonds is 4. The van der Waals surface area contributed by atoms with Crippen molar-refractivity contribution in [2.24, 2.45) is 0 Å². The van der Waals surface area contributed by atoms with Gasteiger partial charge in [-0.1, -0.05) is 18.2 Å². The van der Waals surface area contributed by atoms with Crippen molar-refractivity contribution in [2.75, 3.05) is 18.5 Å². The first kappa shape index (κ1) is 14.0. The molecule has 0 radical (unpaired) electrons. The summed E-state index contributed by atoms with van der Waals surface area (Å²) in [5, 5.41) is 11.5. The fourth-order valence-corrected chi connectivity index (χ4v) is 2.64. The topological polar surface area (TPSA) is 78.0 Å². The SMILES string of the molecule is c1ccc(Nc2noc(-c3cnn(C4CCOCC4)c3)n2)cc1. The minimum atomic E-state index is 0.377. The molecular formula is C16H17N5O2. The minimum absolute atomic E-state index is 0.377. The van der Waals surface area contributed by atoms with E-state index in [0.29, 0.717) is 17.9 Å². The van der Waals surface area contributed by atoms with Crippen LogP contribution in [-0.2, 0) is 4.74 Å². The van der Waals surface area contributed by atoms with Gasteiger partial charge in [0.1, 0.15) is 0 Å². The van der Waals surface area contributed by atoms with Crippen molar-refractivity contribution in [2.45, 2.75) is 18.9 Å². The maximum atomic E-state index is 5.38. The smallest absolute Gasteiger partial charge is 0.268 e. The monoisotopic (exact) mass is 311 g/mol. The van der Waals surface area contributed by atoms with E-state index in [-0.39, 0.29) is 0 Å². The van der Waals surface area contributed by atoms with Crippen LogP contribution in [0.15, 0.2) is 47.2 Å². The molecule has 3 aromatic rings. The van der Waals surface area contributed by atoms with Crippen LogP contribution in [0, 0.1) is 0 Å². The molecule has 0 amide bonds. The maximum Gasteiger partial charge on any atom is 0.268 e. The van der Waals surface area contributed by atoms with E-state index in [1.165, 1.54) is 0 Å². The molecule has 0 atom stereocenters. The Hall–Kier alpha value is -2.67. The summed E-state index contributed by atoms with van der Waals surface area (Å²) < 4.78 is 12.7. The van der Waals surface area contributed by atoms with Crippen molar-refractivity contribution >= 4 is 11.6 Å². The third kappa shape index (κ3) is 3.09. The molecule has 1 fully saturated rings. The van der Waals surface area contributed by atoms with Crippen molar-refractivity contribution in [1.29, 1.82) is 0 Å². The number of anilines is 2. The molecule has 3 heterocycles. The summed E-state index contributed by atoms with van der Waals surface area (Å²) >= 11 is 0. The zero-order valence-electron chi connectivity index (χ0n) is 12.6. The highest BCUT2D eigenvalue weighted by molar-refractivity contribution is 5.56. The molecule has 7 heteroatoms. The molecule has 1 aliphatic heterocycles. The lowest BCUT2D eigenvalue weighted by atomic mass is 10.1. The lowest BCUT2D eigenvalue weighted by molar-refractivity contribution is 0.0662. The van der Waals surface area contributed by atoms with Crippen LogP contribution in [0.5, 0.6) is 0 Å². The van der Waals surface area contributed by atoms with E-state index in [2.05, 4.69) is 20.6 Å². The van der Waals surface area contributed by atoms with Gasteiger partial charge in [0.15, 0.2) is 0 Å². The standard InChI is InChI=1S/C16H17N5O2/c1-2-4-13(5-3-1)18-16-19-15(23-20-16)12-10-17-21(11-12)14-6-8-22-9-7-14/h1-5,10-11,14H,6-9H2,(H,18,20). The second-order valence-corrected chi connectivity index (χ2v) is 5.47. The van der Waals surface area contributed by atoms with Crippen LogP contribution in [0.2, 0.25) is 0 Å². The van der Waals surface area contributed by atoms with Crippen LogP contribution in [0.25, 0.3) is 11.5 Å². The fraction of sp³-hybridized carbons (Fsp3) is 0.312. The highest BCUT2D eigenvalue weighted by atomic mass is 16.5. The number of hydrogen-bond acceptors (Lipinski definition) is 6. The molecule has 0 saturated carbocycles. The molecule has 0 aliphatic carbocycles. The molecule has 1 aliphatic rings. The van der Waals surface area contributed by atoms with Gasteiger partial charge < -0.3 is 14.6 Å². The first-order valence-electron chi connectivity index (χ1n) is 7.66. The number of benzene rings is 1. The first-order valence-corrected chi connectivity index (χ1v) is 7.66. The quantitative estimate of drug-likeness (QED) is 0.798. The molecule has 118 valence electrons. The summed E-state index contributed by atoms with van der Waals surface area (Å²) in [4.78, 5) is 4.37. The molecular weight excluding hydrogens is 294 g/mol. The van der Waals surface area contributed by atoms with Crippen molar-refractivity contribution in [3.05, 3.63) is 42.7 Å². The molecule has 0 bridgehead atoms. The molecule has 4 rings (SSSR count). The molecule has 23 heavy (non-hydrogen) atoms. The van der Waals surface area contributed by atoms with Crippen LogP contribution >= 0.6 is 0 Å². The Morgan fingerprint density at radius 2 is 1.96 bits per heavy atom. The zero-order valence-corrected chi connectivity index (χ0v) is 12.6. The summed E-state index contributed by atoms with van der Waals surface area (Å²) in [5.74, 6) is 0.895. The van der Waals surface area contributed by atoms with E-state index in [1.54, 1.807) is 6.20 Å². The van der Waals surface area contributed by atoms with E-state index >= 15 is 0 Å². The fourth-order valence-electron chi connectivity index (χ4n) is 2.64. The van der Waals surface area contributed by atoms with Gasteiger partial charge in [0, 0.05) is 25.1 Å². The summed E-state index contributed by atoms with van der Waals surface area (Å²) in [6, 6.07) is 10.1. The molecule has 0 spiro atoms. The van der Waals surface area contributed by atoms with Crippen molar-refractivity contribution < 1.29 is 9.26 Å². The van der Waals surface area contributed by atoms with Crippen LogP contribution in [-0.4, -0.2) is 33.1 Å². The predicted molar refractivity (Wildman–Crippen MR) is 84.3 cm³/mol. The predicted octanol–water partition coefficient (Wildman–Crippen LogP) is 3.03. The van der Waals surface area contributed by atoms with E-state index in [9.17, 15) is 0 Å². The highest BCUT2D eigenvalue weighted by Gasteiger charge is 2.18. The Kier molecular flexibility index (Phi) is 3.77. The highest BCUT2D eigenvalue weighted by Crippen LogP contribution is 2.24. The lowest BCUT2D eigenvalue weighted by Crippen LogP contribution is -2.19. The Morgan fingerprint density at radius 3 is 2.78 bits per heavy atom. The lowest BCUT2D eigenvalue weighted by Gasteiger charge is -2.22. The third-order valence-corrected chi connectivity index (χ3v) is 3.87. The third-order valence-electron chi connectivity index (χ3n) is 3.87. The van der Waals surface area contributed by atoms with Gasteiger partial charge in [-0.3, -0.25) is 4.68 Å². The Balaban J connectivity index is 1.49.